The van der Waals surface area contributed by atoms with E-state index in [2.05, 4.69) is 4.98 Å². The quantitative estimate of drug-likeness (QED) is 0.840. The molecule has 7 heteroatoms. The maximum Gasteiger partial charge on any atom is 0.410 e. The Morgan fingerprint density at radius 3 is 2.70 bits per heavy atom. The molecule has 0 radical (unpaired) electrons. The molecule has 0 bridgehead atoms. The molecule has 0 unspecified atom stereocenters. The number of rotatable bonds is 2. The average molecular weight is 322 g/mol. The molecule has 0 atom stereocenters. The van der Waals surface area contributed by atoms with Crippen molar-refractivity contribution >= 4 is 12.1 Å². The molecule has 0 aliphatic carbocycles. The van der Waals surface area contributed by atoms with Crippen LogP contribution in [0.5, 0.6) is 5.75 Å². The number of esters is 1. The summed E-state index contributed by atoms with van der Waals surface area (Å²) in [5, 5.41) is 10.1. The molecule has 1 aliphatic heterocycles. The summed E-state index contributed by atoms with van der Waals surface area (Å²) in [7, 11) is 0. The third-order valence-corrected chi connectivity index (χ3v) is 3.29. The second-order valence-electron chi connectivity index (χ2n) is 6.32. The number of carbonyl (C=O) groups excluding carboxylic acids is 2. The molecule has 0 saturated carbocycles. The molecule has 7 nitrogen and oxygen atoms in total. The number of hydrogen-bond acceptors (Lipinski definition) is 6. The van der Waals surface area contributed by atoms with E-state index in [0.717, 1.165) is 0 Å². The molecule has 1 aromatic rings. The lowest BCUT2D eigenvalue weighted by Crippen LogP contribution is -2.40. The predicted molar refractivity (Wildman–Crippen MR) is 82.2 cm³/mol. The monoisotopic (exact) mass is 322 g/mol. The maximum absolute atomic E-state index is 12.2. The number of nitrogens with zero attached hydrogens (tertiary/aromatic N) is 2. The molecular formula is C16H22N2O5. The third kappa shape index (κ3) is 4.12. The standard InChI is InChI=1S/C16H22N2O5/c1-5-22-14(20)11-8-13(19)10-6-7-18(9-12(10)17-11)15(21)23-16(2,3)4/h8H,5-7,9H2,1-4H3,(H,17,19). The van der Waals surface area contributed by atoms with Gasteiger partial charge in [0.15, 0.2) is 5.69 Å². The van der Waals surface area contributed by atoms with E-state index in [-0.39, 0.29) is 24.6 Å². The Bertz CT molecular complexity index is 622. The summed E-state index contributed by atoms with van der Waals surface area (Å²) in [4.78, 5) is 29.7. The first-order valence-corrected chi connectivity index (χ1v) is 7.58. The van der Waals surface area contributed by atoms with E-state index in [1.807, 2.05) is 0 Å². The molecule has 1 N–H and O–H groups in total. The third-order valence-electron chi connectivity index (χ3n) is 3.29. The number of hydrogen-bond donors (Lipinski definition) is 1. The van der Waals surface area contributed by atoms with Crippen LogP contribution in [-0.2, 0) is 22.4 Å². The lowest BCUT2D eigenvalue weighted by molar-refractivity contribution is 0.0220. The van der Waals surface area contributed by atoms with Crippen molar-refractivity contribution in [3.05, 3.63) is 23.0 Å². The summed E-state index contributed by atoms with van der Waals surface area (Å²) in [6.45, 7) is 7.92. The topological polar surface area (TPSA) is 89.0 Å². The number of pyridine rings is 1. The molecule has 2 heterocycles. The maximum atomic E-state index is 12.2. The zero-order valence-corrected chi connectivity index (χ0v) is 13.9. The molecule has 2 rings (SSSR count). The fourth-order valence-corrected chi connectivity index (χ4v) is 2.31. The summed E-state index contributed by atoms with van der Waals surface area (Å²) >= 11 is 0. The Balaban J connectivity index is 2.22. The Kier molecular flexibility index (Phi) is 4.77. The van der Waals surface area contributed by atoms with E-state index in [0.29, 0.717) is 24.2 Å². The minimum Gasteiger partial charge on any atom is -0.508 e. The number of aromatic hydroxyl groups is 1. The van der Waals surface area contributed by atoms with Crippen LogP contribution in [0.1, 0.15) is 49.4 Å². The van der Waals surface area contributed by atoms with Crippen molar-refractivity contribution in [2.45, 2.75) is 46.3 Å². The average Bonchev–Trinajstić information content (AvgIpc) is 2.45. The van der Waals surface area contributed by atoms with Gasteiger partial charge in [0.25, 0.3) is 0 Å². The van der Waals surface area contributed by atoms with Crippen molar-refractivity contribution in [2.24, 2.45) is 0 Å². The van der Waals surface area contributed by atoms with Gasteiger partial charge in [-0.05, 0) is 34.1 Å². The number of aromatic nitrogens is 1. The highest BCUT2D eigenvalue weighted by molar-refractivity contribution is 5.88. The van der Waals surface area contributed by atoms with Gasteiger partial charge in [0.05, 0.1) is 18.8 Å². The van der Waals surface area contributed by atoms with Crippen molar-refractivity contribution in [1.29, 1.82) is 0 Å². The summed E-state index contributed by atoms with van der Waals surface area (Å²) in [6.07, 6.45) is 0.0160. The van der Waals surface area contributed by atoms with Gasteiger partial charge in [-0.2, -0.15) is 0 Å². The minimum absolute atomic E-state index is 0.00175. The van der Waals surface area contributed by atoms with Gasteiger partial charge in [-0.25, -0.2) is 14.6 Å². The van der Waals surface area contributed by atoms with Gasteiger partial charge in [0.1, 0.15) is 11.4 Å². The lowest BCUT2D eigenvalue weighted by Gasteiger charge is -2.31. The van der Waals surface area contributed by atoms with E-state index < -0.39 is 17.7 Å². The van der Waals surface area contributed by atoms with Crippen LogP contribution in [0.4, 0.5) is 4.79 Å². The summed E-state index contributed by atoms with van der Waals surface area (Å²) in [5.41, 5.74) is 0.594. The highest BCUT2D eigenvalue weighted by atomic mass is 16.6. The van der Waals surface area contributed by atoms with Crippen molar-refractivity contribution in [3.63, 3.8) is 0 Å². The first-order valence-electron chi connectivity index (χ1n) is 7.58. The molecule has 0 saturated heterocycles. The molecule has 0 fully saturated rings. The lowest BCUT2D eigenvalue weighted by atomic mass is 10.0. The highest BCUT2D eigenvalue weighted by Gasteiger charge is 2.28. The zero-order valence-electron chi connectivity index (χ0n) is 13.9. The van der Waals surface area contributed by atoms with Crippen molar-refractivity contribution in [3.8, 4) is 5.75 Å². The van der Waals surface area contributed by atoms with Gasteiger partial charge in [-0.1, -0.05) is 0 Å². The Morgan fingerprint density at radius 1 is 1.39 bits per heavy atom. The largest absolute Gasteiger partial charge is 0.508 e. The van der Waals surface area contributed by atoms with Gasteiger partial charge >= 0.3 is 12.1 Å². The number of fused-ring (bicyclic) bond motifs is 1. The van der Waals surface area contributed by atoms with Gasteiger partial charge in [0.2, 0.25) is 0 Å². The number of carbonyl (C=O) groups is 2. The molecule has 1 aromatic heterocycles. The molecule has 126 valence electrons. The van der Waals surface area contributed by atoms with Gasteiger partial charge < -0.3 is 19.5 Å². The van der Waals surface area contributed by atoms with Crippen LogP contribution in [0.2, 0.25) is 0 Å². The van der Waals surface area contributed by atoms with E-state index in [1.165, 1.54) is 11.0 Å². The van der Waals surface area contributed by atoms with Crippen molar-refractivity contribution in [1.82, 2.24) is 9.88 Å². The predicted octanol–water partition coefficient (Wildman–Crippen LogP) is 2.26. The zero-order chi connectivity index (χ0) is 17.2. The Hall–Kier alpha value is -2.31. The van der Waals surface area contributed by atoms with Crippen LogP contribution in [0, 0.1) is 0 Å². The van der Waals surface area contributed by atoms with Crippen LogP contribution >= 0.6 is 0 Å². The van der Waals surface area contributed by atoms with Crippen LogP contribution in [0.15, 0.2) is 6.07 Å². The van der Waals surface area contributed by atoms with Crippen molar-refractivity contribution in [2.75, 3.05) is 13.2 Å². The van der Waals surface area contributed by atoms with E-state index in [9.17, 15) is 14.7 Å². The van der Waals surface area contributed by atoms with Crippen LogP contribution in [0.25, 0.3) is 0 Å². The summed E-state index contributed by atoms with van der Waals surface area (Å²) in [6, 6.07) is 1.31. The SMILES string of the molecule is CCOC(=O)c1cc(O)c2c(n1)CN(C(=O)OC(C)(C)C)CC2. The summed E-state index contributed by atoms with van der Waals surface area (Å²) in [5.74, 6) is -0.595. The first kappa shape index (κ1) is 17.1. The normalized spacial score (nSPS) is 14.2. The van der Waals surface area contributed by atoms with Gasteiger partial charge in [-0.3, -0.25) is 0 Å². The number of ether oxygens (including phenoxy) is 2. The molecule has 23 heavy (non-hydrogen) atoms. The first-order chi connectivity index (χ1) is 10.7. The van der Waals surface area contributed by atoms with Crippen molar-refractivity contribution < 1.29 is 24.2 Å². The van der Waals surface area contributed by atoms with Gasteiger partial charge in [0, 0.05) is 18.2 Å². The summed E-state index contributed by atoms with van der Waals surface area (Å²) < 4.78 is 10.2. The van der Waals surface area contributed by atoms with E-state index in [1.54, 1.807) is 27.7 Å². The molecule has 1 amide bonds. The number of amides is 1. The second kappa shape index (κ2) is 6.44. The van der Waals surface area contributed by atoms with E-state index >= 15 is 0 Å². The molecule has 0 aromatic carbocycles. The Labute approximate surface area is 135 Å². The second-order valence-corrected chi connectivity index (χ2v) is 6.32. The van der Waals surface area contributed by atoms with Crippen LogP contribution < -0.4 is 0 Å². The highest BCUT2D eigenvalue weighted by Crippen LogP contribution is 2.27. The molecular weight excluding hydrogens is 300 g/mol. The fraction of sp³-hybridized carbons (Fsp3) is 0.562. The Morgan fingerprint density at radius 2 is 2.09 bits per heavy atom. The van der Waals surface area contributed by atoms with E-state index in [4.69, 9.17) is 9.47 Å². The van der Waals surface area contributed by atoms with Crippen LogP contribution in [-0.4, -0.2) is 45.8 Å². The fourth-order valence-electron chi connectivity index (χ4n) is 2.31. The van der Waals surface area contributed by atoms with Gasteiger partial charge in [-0.15, -0.1) is 0 Å². The van der Waals surface area contributed by atoms with Crippen LogP contribution in [0.3, 0.4) is 0 Å². The molecule has 0 spiro atoms. The minimum atomic E-state index is -0.597. The molecule has 1 aliphatic rings. The smallest absolute Gasteiger partial charge is 0.410 e.